The van der Waals surface area contributed by atoms with Crippen molar-refractivity contribution in [1.29, 1.82) is 0 Å². The highest BCUT2D eigenvalue weighted by molar-refractivity contribution is 7.80. The van der Waals surface area contributed by atoms with Crippen LogP contribution in [-0.2, 0) is 0 Å². The van der Waals surface area contributed by atoms with E-state index in [-0.39, 0.29) is 0 Å². The molecule has 0 bridgehead atoms. The summed E-state index contributed by atoms with van der Waals surface area (Å²) < 4.78 is 5.32. The Hall–Kier alpha value is -1.59. The first-order chi connectivity index (χ1) is 7.86. The number of hydrogen-bond acceptors (Lipinski definition) is 2. The molecule has 0 radical (unpaired) electrons. The second-order valence-electron chi connectivity index (χ2n) is 3.32. The van der Waals surface area contributed by atoms with Crippen LogP contribution < -0.4 is 4.74 Å². The summed E-state index contributed by atoms with van der Waals surface area (Å²) >= 11 is 4.09. The molecule has 0 aliphatic heterocycles. The van der Waals surface area contributed by atoms with Crippen molar-refractivity contribution in [2.24, 2.45) is 0 Å². The van der Waals surface area contributed by atoms with E-state index in [2.05, 4.69) is 30.5 Å². The van der Waals surface area contributed by atoms with E-state index < -0.39 is 0 Å². The normalized spacial score (nSPS) is 9.62. The molecular weight excluding hydrogens is 216 g/mol. The summed E-state index contributed by atoms with van der Waals surface area (Å²) in [6.45, 7) is 0. The molecule has 80 valence electrons. The third kappa shape index (κ3) is 2.00. The fraction of sp³-hybridized carbons (Fsp3) is 0.143. The molecule has 2 rings (SSSR count). The van der Waals surface area contributed by atoms with Crippen LogP contribution >= 0.6 is 12.6 Å². The maximum Gasteiger partial charge on any atom is 0.126 e. The lowest BCUT2D eigenvalue weighted by Crippen LogP contribution is -1.87. The van der Waals surface area contributed by atoms with Gasteiger partial charge in [0.25, 0.3) is 0 Å². The zero-order valence-electron chi connectivity index (χ0n) is 9.03. The Morgan fingerprint density at radius 2 is 1.88 bits per heavy atom. The summed E-state index contributed by atoms with van der Waals surface area (Å²) in [5, 5.41) is 2.21. The molecule has 16 heavy (non-hydrogen) atoms. The average molecular weight is 228 g/mol. The van der Waals surface area contributed by atoms with Gasteiger partial charge in [-0.1, -0.05) is 36.1 Å². The van der Waals surface area contributed by atoms with E-state index in [1.54, 1.807) is 7.11 Å². The number of ether oxygens (including phenoxy) is 1. The minimum absolute atomic E-state index is 0.570. The quantitative estimate of drug-likeness (QED) is 0.583. The van der Waals surface area contributed by atoms with Crippen LogP contribution in [0, 0.1) is 11.8 Å². The molecular formula is C14H12OS. The van der Waals surface area contributed by atoms with Gasteiger partial charge in [-0.05, 0) is 12.1 Å². The Bertz CT molecular complexity index is 564. The van der Waals surface area contributed by atoms with Crippen molar-refractivity contribution in [3.63, 3.8) is 0 Å². The third-order valence-electron chi connectivity index (χ3n) is 2.41. The predicted octanol–water partition coefficient (Wildman–Crippen LogP) is 3.13. The van der Waals surface area contributed by atoms with Crippen LogP contribution in [0.1, 0.15) is 5.56 Å². The molecule has 0 heterocycles. The maximum atomic E-state index is 5.32. The molecule has 2 heteroatoms. The highest BCUT2D eigenvalue weighted by atomic mass is 32.1. The number of fused-ring (bicyclic) bond motifs is 1. The van der Waals surface area contributed by atoms with Gasteiger partial charge in [0.1, 0.15) is 5.75 Å². The molecule has 0 amide bonds. The van der Waals surface area contributed by atoms with E-state index in [0.29, 0.717) is 5.75 Å². The van der Waals surface area contributed by atoms with Crippen LogP contribution in [0.3, 0.4) is 0 Å². The summed E-state index contributed by atoms with van der Waals surface area (Å²) in [4.78, 5) is 0. The second kappa shape index (κ2) is 4.96. The summed E-state index contributed by atoms with van der Waals surface area (Å²) in [6.07, 6.45) is 0. The molecule has 0 atom stereocenters. The summed E-state index contributed by atoms with van der Waals surface area (Å²) in [5.74, 6) is 7.53. The Labute approximate surface area is 101 Å². The average Bonchev–Trinajstić information content (AvgIpc) is 2.36. The van der Waals surface area contributed by atoms with Crippen molar-refractivity contribution in [1.82, 2.24) is 0 Å². The van der Waals surface area contributed by atoms with Crippen molar-refractivity contribution in [2.45, 2.75) is 0 Å². The van der Waals surface area contributed by atoms with E-state index in [9.17, 15) is 0 Å². The fourth-order valence-electron chi connectivity index (χ4n) is 1.69. The fourth-order valence-corrected chi connectivity index (χ4v) is 1.77. The van der Waals surface area contributed by atoms with Crippen LogP contribution in [0.15, 0.2) is 36.4 Å². The molecule has 0 aliphatic rings. The Balaban J connectivity index is 2.69. The van der Waals surface area contributed by atoms with Gasteiger partial charge in [0.2, 0.25) is 0 Å². The van der Waals surface area contributed by atoms with E-state index in [0.717, 1.165) is 22.1 Å². The van der Waals surface area contributed by atoms with Crippen molar-refractivity contribution in [3.8, 4) is 17.6 Å². The molecule has 0 saturated carbocycles. The number of rotatable bonds is 1. The Morgan fingerprint density at radius 3 is 2.56 bits per heavy atom. The molecule has 0 N–H and O–H groups in total. The van der Waals surface area contributed by atoms with Crippen molar-refractivity contribution >= 4 is 23.4 Å². The lowest BCUT2D eigenvalue weighted by Gasteiger charge is -2.06. The molecule has 2 aromatic carbocycles. The van der Waals surface area contributed by atoms with Crippen LogP contribution in [0.5, 0.6) is 5.75 Å². The number of thiol groups is 1. The van der Waals surface area contributed by atoms with E-state index >= 15 is 0 Å². The largest absolute Gasteiger partial charge is 0.496 e. The van der Waals surface area contributed by atoms with E-state index in [4.69, 9.17) is 4.74 Å². The number of benzene rings is 2. The SMILES string of the molecule is COc1ccc(C#CCS)c2ccccc12. The van der Waals surface area contributed by atoms with Gasteiger partial charge in [0, 0.05) is 16.3 Å². The minimum atomic E-state index is 0.570. The molecule has 0 aromatic heterocycles. The van der Waals surface area contributed by atoms with Crippen molar-refractivity contribution < 1.29 is 4.74 Å². The first-order valence-electron chi connectivity index (χ1n) is 5.02. The smallest absolute Gasteiger partial charge is 0.126 e. The predicted molar refractivity (Wildman–Crippen MR) is 71.2 cm³/mol. The van der Waals surface area contributed by atoms with Gasteiger partial charge in [-0.2, -0.15) is 12.6 Å². The molecule has 0 saturated heterocycles. The number of methoxy groups -OCH3 is 1. The summed E-state index contributed by atoms with van der Waals surface area (Å²) in [6, 6.07) is 12.0. The van der Waals surface area contributed by atoms with Gasteiger partial charge < -0.3 is 4.74 Å². The van der Waals surface area contributed by atoms with Gasteiger partial charge in [-0.3, -0.25) is 0 Å². The lowest BCUT2D eigenvalue weighted by atomic mass is 10.0. The molecule has 1 nitrogen and oxygen atoms in total. The maximum absolute atomic E-state index is 5.32. The van der Waals surface area contributed by atoms with Crippen molar-refractivity contribution in [3.05, 3.63) is 42.0 Å². The Morgan fingerprint density at radius 1 is 1.12 bits per heavy atom. The minimum Gasteiger partial charge on any atom is -0.496 e. The second-order valence-corrected chi connectivity index (χ2v) is 3.64. The molecule has 2 aromatic rings. The zero-order valence-corrected chi connectivity index (χ0v) is 9.92. The standard InChI is InChI=1S/C14H12OS/c1-15-14-9-8-11(5-4-10-16)12-6-2-3-7-13(12)14/h2-3,6-9,16H,10H2,1H3. The van der Waals surface area contributed by atoms with Crippen molar-refractivity contribution in [2.75, 3.05) is 12.9 Å². The van der Waals surface area contributed by atoms with Gasteiger partial charge in [0.05, 0.1) is 12.9 Å². The molecule has 0 unspecified atom stereocenters. The summed E-state index contributed by atoms with van der Waals surface area (Å²) in [5.41, 5.74) is 1.02. The van der Waals surface area contributed by atoms with Crippen LogP contribution in [0.2, 0.25) is 0 Å². The van der Waals surface area contributed by atoms with Gasteiger partial charge in [-0.25, -0.2) is 0 Å². The third-order valence-corrected chi connectivity index (χ3v) is 2.56. The highest BCUT2D eigenvalue weighted by Crippen LogP contribution is 2.27. The zero-order chi connectivity index (χ0) is 11.4. The topological polar surface area (TPSA) is 9.23 Å². The first-order valence-corrected chi connectivity index (χ1v) is 5.65. The first kappa shape index (κ1) is 10.9. The van der Waals surface area contributed by atoms with Crippen LogP contribution in [0.4, 0.5) is 0 Å². The van der Waals surface area contributed by atoms with Gasteiger partial charge in [-0.15, -0.1) is 0 Å². The lowest BCUT2D eigenvalue weighted by molar-refractivity contribution is 0.420. The molecule has 0 spiro atoms. The Kier molecular flexibility index (Phi) is 3.38. The van der Waals surface area contributed by atoms with Crippen LogP contribution in [-0.4, -0.2) is 12.9 Å². The van der Waals surface area contributed by atoms with Gasteiger partial charge in [0.15, 0.2) is 0 Å². The monoisotopic (exact) mass is 228 g/mol. The van der Waals surface area contributed by atoms with Gasteiger partial charge >= 0.3 is 0 Å². The molecule has 0 fully saturated rings. The van der Waals surface area contributed by atoms with E-state index in [1.807, 2.05) is 30.3 Å². The molecule has 0 aliphatic carbocycles. The highest BCUT2D eigenvalue weighted by Gasteiger charge is 2.03. The van der Waals surface area contributed by atoms with Crippen LogP contribution in [0.25, 0.3) is 10.8 Å². The van der Waals surface area contributed by atoms with E-state index in [1.165, 1.54) is 0 Å². The number of hydrogen-bond donors (Lipinski definition) is 1. The summed E-state index contributed by atoms with van der Waals surface area (Å²) in [7, 11) is 1.68.